The summed E-state index contributed by atoms with van der Waals surface area (Å²) in [4.78, 5) is 24.3. The number of carbonyl (C=O) groups is 1. The van der Waals surface area contributed by atoms with Crippen LogP contribution in [0.15, 0.2) is 51.8 Å². The van der Waals surface area contributed by atoms with Crippen LogP contribution in [0, 0.1) is 10.1 Å². The first kappa shape index (κ1) is 20.7. The van der Waals surface area contributed by atoms with E-state index in [-0.39, 0.29) is 37.0 Å². The molecular formula is C17H15BrClN3O5S. The average molecular weight is 489 g/mol. The Bertz CT molecular complexity index is 1040. The summed E-state index contributed by atoms with van der Waals surface area (Å²) in [5, 5.41) is 11.5. The summed E-state index contributed by atoms with van der Waals surface area (Å²) in [6, 6.07) is 10.1. The van der Waals surface area contributed by atoms with E-state index < -0.39 is 20.6 Å². The number of sulfonamides is 1. The molecule has 1 amide bonds. The standard InChI is InChI=1S/C17H15BrClN3O5S/c18-12-5-6-13(14(19)11-12)17(23)20-7-9-21(10-8-20)28(26,27)16-4-2-1-3-15(16)22(24)25/h1-6,11H,7-10H2. The lowest BCUT2D eigenvalue weighted by Gasteiger charge is -2.34. The number of hydrogen-bond donors (Lipinski definition) is 0. The molecule has 0 bridgehead atoms. The Morgan fingerprint density at radius 2 is 1.75 bits per heavy atom. The highest BCUT2D eigenvalue weighted by molar-refractivity contribution is 9.10. The predicted molar refractivity (Wildman–Crippen MR) is 107 cm³/mol. The van der Waals surface area contributed by atoms with Gasteiger partial charge in [-0.1, -0.05) is 39.7 Å². The summed E-state index contributed by atoms with van der Waals surface area (Å²) >= 11 is 9.40. The van der Waals surface area contributed by atoms with Gasteiger partial charge in [-0.3, -0.25) is 14.9 Å². The molecule has 1 heterocycles. The smallest absolute Gasteiger partial charge is 0.289 e. The molecule has 3 rings (SSSR count). The molecule has 2 aromatic carbocycles. The normalized spacial score (nSPS) is 15.4. The van der Waals surface area contributed by atoms with Gasteiger partial charge < -0.3 is 4.90 Å². The highest BCUT2D eigenvalue weighted by Crippen LogP contribution is 2.28. The zero-order chi connectivity index (χ0) is 20.5. The van der Waals surface area contributed by atoms with Crippen LogP contribution in [0.3, 0.4) is 0 Å². The number of para-hydroxylation sites is 1. The lowest BCUT2D eigenvalue weighted by atomic mass is 10.2. The van der Waals surface area contributed by atoms with Gasteiger partial charge in [-0.15, -0.1) is 0 Å². The molecule has 1 fully saturated rings. The van der Waals surface area contributed by atoms with Crippen molar-refractivity contribution in [2.45, 2.75) is 4.90 Å². The van der Waals surface area contributed by atoms with Crippen LogP contribution in [0.5, 0.6) is 0 Å². The highest BCUT2D eigenvalue weighted by Gasteiger charge is 2.34. The molecule has 1 saturated heterocycles. The SMILES string of the molecule is O=C(c1ccc(Br)cc1Cl)N1CCN(S(=O)(=O)c2ccccc2[N+](=O)[O-])CC1. The van der Waals surface area contributed by atoms with Crippen LogP contribution in [0.2, 0.25) is 5.02 Å². The number of hydrogen-bond acceptors (Lipinski definition) is 5. The minimum Gasteiger partial charge on any atom is -0.336 e. The molecule has 148 valence electrons. The maximum Gasteiger partial charge on any atom is 0.289 e. The van der Waals surface area contributed by atoms with Crippen molar-refractivity contribution in [3.8, 4) is 0 Å². The number of nitrogens with zero attached hydrogens (tertiary/aromatic N) is 3. The van der Waals surface area contributed by atoms with E-state index in [1.165, 1.54) is 23.1 Å². The third-order valence-corrected chi connectivity index (χ3v) is 7.12. The molecule has 0 saturated carbocycles. The maximum atomic E-state index is 12.8. The molecule has 0 unspecified atom stereocenters. The van der Waals surface area contributed by atoms with E-state index >= 15 is 0 Å². The Balaban J connectivity index is 1.76. The zero-order valence-corrected chi connectivity index (χ0v) is 17.6. The molecule has 28 heavy (non-hydrogen) atoms. The molecule has 0 radical (unpaired) electrons. The van der Waals surface area contributed by atoms with E-state index in [4.69, 9.17) is 11.6 Å². The Labute approximate surface area is 175 Å². The van der Waals surface area contributed by atoms with Crippen LogP contribution < -0.4 is 0 Å². The van der Waals surface area contributed by atoms with Gasteiger partial charge in [0.05, 0.1) is 15.5 Å². The molecule has 8 nitrogen and oxygen atoms in total. The first-order valence-corrected chi connectivity index (χ1v) is 10.8. The third-order valence-electron chi connectivity index (χ3n) is 4.37. The second-order valence-electron chi connectivity index (χ2n) is 6.05. The average Bonchev–Trinajstić information content (AvgIpc) is 2.67. The van der Waals surface area contributed by atoms with Gasteiger partial charge in [-0.05, 0) is 24.3 Å². The fraction of sp³-hybridized carbons (Fsp3) is 0.235. The van der Waals surface area contributed by atoms with Crippen LogP contribution in [-0.4, -0.2) is 54.6 Å². The predicted octanol–water partition coefficient (Wildman–Crippen LogP) is 3.16. The van der Waals surface area contributed by atoms with E-state index in [1.807, 2.05) is 0 Å². The monoisotopic (exact) mass is 487 g/mol. The Kier molecular flexibility index (Phi) is 6.04. The fourth-order valence-electron chi connectivity index (χ4n) is 2.93. The topological polar surface area (TPSA) is 101 Å². The number of amides is 1. The second kappa shape index (κ2) is 8.16. The minimum atomic E-state index is -4.04. The van der Waals surface area contributed by atoms with Gasteiger partial charge >= 0.3 is 0 Å². The molecule has 1 aliphatic heterocycles. The van der Waals surface area contributed by atoms with E-state index in [1.54, 1.807) is 18.2 Å². The summed E-state index contributed by atoms with van der Waals surface area (Å²) in [7, 11) is -4.04. The summed E-state index contributed by atoms with van der Waals surface area (Å²) < 4.78 is 27.6. The molecule has 0 aliphatic carbocycles. The minimum absolute atomic E-state index is 0.0360. The molecule has 2 aromatic rings. The lowest BCUT2D eigenvalue weighted by Crippen LogP contribution is -2.50. The molecule has 0 N–H and O–H groups in total. The summed E-state index contributed by atoms with van der Waals surface area (Å²) in [6.45, 7) is 0.388. The van der Waals surface area contributed by atoms with Crippen LogP contribution in [0.25, 0.3) is 0 Å². The van der Waals surface area contributed by atoms with Gasteiger partial charge in [0.1, 0.15) is 0 Å². The molecular weight excluding hydrogens is 474 g/mol. The van der Waals surface area contributed by atoms with Gasteiger partial charge in [-0.2, -0.15) is 4.31 Å². The zero-order valence-electron chi connectivity index (χ0n) is 14.4. The van der Waals surface area contributed by atoms with Gasteiger partial charge in [0.2, 0.25) is 10.0 Å². The number of nitro groups is 1. The van der Waals surface area contributed by atoms with Crippen LogP contribution in [0.1, 0.15) is 10.4 Å². The number of carbonyl (C=O) groups excluding carboxylic acids is 1. The Hall–Kier alpha value is -2.01. The number of nitro benzene ring substituents is 1. The lowest BCUT2D eigenvalue weighted by molar-refractivity contribution is -0.387. The Morgan fingerprint density at radius 3 is 2.36 bits per heavy atom. The summed E-state index contributed by atoms with van der Waals surface area (Å²) in [5.74, 6) is -0.291. The van der Waals surface area contributed by atoms with Gasteiger partial charge in [0.25, 0.3) is 11.6 Å². The van der Waals surface area contributed by atoms with E-state index in [9.17, 15) is 23.3 Å². The van der Waals surface area contributed by atoms with Gasteiger partial charge in [0, 0.05) is 36.7 Å². The molecule has 0 aromatic heterocycles. The first-order valence-electron chi connectivity index (χ1n) is 8.19. The largest absolute Gasteiger partial charge is 0.336 e. The quantitative estimate of drug-likeness (QED) is 0.486. The van der Waals surface area contributed by atoms with Crippen LogP contribution in [0.4, 0.5) is 5.69 Å². The van der Waals surface area contributed by atoms with E-state index in [2.05, 4.69) is 15.9 Å². The van der Waals surface area contributed by atoms with Crippen molar-refractivity contribution in [3.05, 3.63) is 67.6 Å². The van der Waals surface area contributed by atoms with Crippen molar-refractivity contribution >= 4 is 49.1 Å². The van der Waals surface area contributed by atoms with Crippen LogP contribution >= 0.6 is 27.5 Å². The van der Waals surface area contributed by atoms with Gasteiger partial charge in [-0.25, -0.2) is 8.42 Å². The maximum absolute atomic E-state index is 12.8. The van der Waals surface area contributed by atoms with Crippen molar-refractivity contribution in [2.75, 3.05) is 26.2 Å². The van der Waals surface area contributed by atoms with Crippen molar-refractivity contribution < 1.29 is 18.1 Å². The third kappa shape index (κ3) is 4.04. The van der Waals surface area contributed by atoms with Crippen molar-refractivity contribution in [2.24, 2.45) is 0 Å². The Morgan fingerprint density at radius 1 is 1.11 bits per heavy atom. The molecule has 11 heteroatoms. The van der Waals surface area contributed by atoms with E-state index in [0.717, 1.165) is 14.8 Å². The molecule has 0 spiro atoms. The number of piperazine rings is 1. The molecule has 0 atom stereocenters. The first-order chi connectivity index (χ1) is 13.2. The fourth-order valence-corrected chi connectivity index (χ4v) is 5.26. The van der Waals surface area contributed by atoms with Crippen molar-refractivity contribution in [1.29, 1.82) is 0 Å². The van der Waals surface area contributed by atoms with Crippen molar-refractivity contribution in [3.63, 3.8) is 0 Å². The van der Waals surface area contributed by atoms with Crippen molar-refractivity contribution in [1.82, 2.24) is 9.21 Å². The molecule has 1 aliphatic rings. The van der Waals surface area contributed by atoms with Gasteiger partial charge in [0.15, 0.2) is 4.90 Å². The number of halogens is 2. The highest BCUT2D eigenvalue weighted by atomic mass is 79.9. The van der Waals surface area contributed by atoms with E-state index in [0.29, 0.717) is 10.6 Å². The summed E-state index contributed by atoms with van der Waals surface area (Å²) in [6.07, 6.45) is 0. The number of benzene rings is 2. The second-order valence-corrected chi connectivity index (χ2v) is 9.27. The van der Waals surface area contributed by atoms with Crippen LogP contribution in [-0.2, 0) is 10.0 Å². The summed E-state index contributed by atoms with van der Waals surface area (Å²) in [5.41, 5.74) is -0.137. The number of rotatable bonds is 4.